The molecule has 22 heavy (non-hydrogen) atoms. The van der Waals surface area contributed by atoms with E-state index in [1.165, 1.54) is 18.4 Å². The predicted octanol–water partition coefficient (Wildman–Crippen LogP) is 2.75. The fraction of sp³-hybridized carbons (Fsp3) is 0.647. The second kappa shape index (κ2) is 8.09. The smallest absolute Gasteiger partial charge is 0.211 e. The Labute approximate surface area is 135 Å². The number of sulfonamides is 1. The molecule has 1 aromatic rings. The van der Waals surface area contributed by atoms with Crippen molar-refractivity contribution < 1.29 is 8.42 Å². The van der Waals surface area contributed by atoms with E-state index in [4.69, 9.17) is 0 Å². The molecule has 1 saturated heterocycles. The molecule has 1 aliphatic rings. The first-order chi connectivity index (χ1) is 10.5. The topological polar surface area (TPSA) is 49.4 Å². The lowest BCUT2D eigenvalue weighted by molar-refractivity contribution is 0.176. The summed E-state index contributed by atoms with van der Waals surface area (Å²) in [5, 5.41) is 0. The van der Waals surface area contributed by atoms with E-state index >= 15 is 0 Å². The van der Waals surface area contributed by atoms with Crippen molar-refractivity contribution in [3.05, 3.63) is 35.4 Å². The van der Waals surface area contributed by atoms with Gasteiger partial charge in [0.25, 0.3) is 0 Å². The number of benzene rings is 1. The number of nitrogens with one attached hydrogen (secondary N) is 1. The van der Waals surface area contributed by atoms with Crippen LogP contribution in [-0.4, -0.2) is 32.2 Å². The van der Waals surface area contributed by atoms with Gasteiger partial charge in [-0.15, -0.1) is 0 Å². The van der Waals surface area contributed by atoms with Crippen molar-refractivity contribution in [1.82, 2.24) is 9.62 Å². The Hall–Kier alpha value is -0.910. The lowest BCUT2D eigenvalue weighted by atomic mass is 9.99. The molecular weight excluding hydrogens is 296 g/mol. The zero-order valence-corrected chi connectivity index (χ0v) is 14.5. The third-order valence-electron chi connectivity index (χ3n) is 4.21. The van der Waals surface area contributed by atoms with Crippen LogP contribution in [-0.2, 0) is 23.1 Å². The number of hydrogen-bond acceptors (Lipinski definition) is 3. The Morgan fingerprint density at radius 1 is 1.27 bits per heavy atom. The van der Waals surface area contributed by atoms with Crippen LogP contribution >= 0.6 is 0 Å². The van der Waals surface area contributed by atoms with Gasteiger partial charge in [-0.3, -0.25) is 4.90 Å². The van der Waals surface area contributed by atoms with Gasteiger partial charge in [0, 0.05) is 19.6 Å². The zero-order valence-electron chi connectivity index (χ0n) is 13.7. The van der Waals surface area contributed by atoms with Gasteiger partial charge >= 0.3 is 0 Å². The molecule has 4 nitrogen and oxygen atoms in total. The van der Waals surface area contributed by atoms with Gasteiger partial charge in [-0.25, -0.2) is 13.1 Å². The number of nitrogens with zero attached hydrogens (tertiary/aromatic N) is 1. The predicted molar refractivity (Wildman–Crippen MR) is 91.0 cm³/mol. The van der Waals surface area contributed by atoms with Gasteiger partial charge in [-0.2, -0.15) is 0 Å². The van der Waals surface area contributed by atoms with Crippen LogP contribution in [0.4, 0.5) is 0 Å². The molecule has 0 radical (unpaired) electrons. The van der Waals surface area contributed by atoms with Crippen LogP contribution in [0.15, 0.2) is 24.3 Å². The van der Waals surface area contributed by atoms with E-state index < -0.39 is 10.0 Å². The van der Waals surface area contributed by atoms with E-state index in [-0.39, 0.29) is 5.75 Å². The lowest BCUT2D eigenvalue weighted by Crippen LogP contribution is -2.34. The minimum absolute atomic E-state index is 0.193. The first-order valence-corrected chi connectivity index (χ1v) is 9.92. The zero-order chi connectivity index (χ0) is 16.0. The van der Waals surface area contributed by atoms with Crippen LogP contribution in [0.5, 0.6) is 0 Å². The Morgan fingerprint density at radius 3 is 2.68 bits per heavy atom. The standard InChI is InChI=1S/C17H28N2O2S/c1-3-11-22(20,21)18-12-16-8-4-5-9-17(16)14-19-10-6-7-15(2)13-19/h4-5,8-9,15,18H,3,6-7,10-14H2,1-2H3/t15-/m1/s1. The summed E-state index contributed by atoms with van der Waals surface area (Å²) in [6.45, 7) is 7.76. The van der Waals surface area contributed by atoms with Crippen molar-refractivity contribution in [2.75, 3.05) is 18.8 Å². The molecule has 0 spiro atoms. The lowest BCUT2D eigenvalue weighted by Gasteiger charge is -2.31. The van der Waals surface area contributed by atoms with Crippen molar-refractivity contribution in [2.24, 2.45) is 5.92 Å². The summed E-state index contributed by atoms with van der Waals surface area (Å²) in [6, 6.07) is 8.15. The SMILES string of the molecule is CCCS(=O)(=O)NCc1ccccc1CN1CCC[C@@H](C)C1. The summed E-state index contributed by atoms with van der Waals surface area (Å²) in [6.07, 6.45) is 3.21. The summed E-state index contributed by atoms with van der Waals surface area (Å²) in [5.41, 5.74) is 2.32. The normalized spacial score (nSPS) is 20.2. The highest BCUT2D eigenvalue weighted by Crippen LogP contribution is 2.19. The van der Waals surface area contributed by atoms with E-state index in [0.717, 1.165) is 31.1 Å². The quantitative estimate of drug-likeness (QED) is 0.839. The van der Waals surface area contributed by atoms with E-state index in [9.17, 15) is 8.42 Å². The van der Waals surface area contributed by atoms with Gasteiger partial charge < -0.3 is 0 Å². The number of rotatable bonds is 7. The molecule has 124 valence electrons. The molecule has 1 atom stereocenters. The summed E-state index contributed by atoms with van der Waals surface area (Å²) >= 11 is 0. The van der Waals surface area contributed by atoms with Crippen molar-refractivity contribution in [3.63, 3.8) is 0 Å². The monoisotopic (exact) mass is 324 g/mol. The summed E-state index contributed by atoms with van der Waals surface area (Å²) < 4.78 is 26.4. The van der Waals surface area contributed by atoms with Crippen molar-refractivity contribution in [2.45, 2.75) is 46.2 Å². The molecule has 0 aromatic heterocycles. The first-order valence-electron chi connectivity index (χ1n) is 8.26. The van der Waals surface area contributed by atoms with E-state index in [1.54, 1.807) is 0 Å². The van der Waals surface area contributed by atoms with Gasteiger partial charge in [-0.1, -0.05) is 38.1 Å². The molecule has 1 fully saturated rings. The third-order valence-corrected chi connectivity index (χ3v) is 5.74. The van der Waals surface area contributed by atoms with Crippen molar-refractivity contribution in [3.8, 4) is 0 Å². The summed E-state index contributed by atoms with van der Waals surface area (Å²) in [4.78, 5) is 2.48. The molecule has 1 aliphatic heterocycles. The average Bonchev–Trinajstić information content (AvgIpc) is 2.46. The maximum Gasteiger partial charge on any atom is 0.211 e. The molecule has 0 saturated carbocycles. The fourth-order valence-corrected chi connectivity index (χ4v) is 4.14. The summed E-state index contributed by atoms with van der Waals surface area (Å²) in [7, 11) is -3.15. The molecule has 2 rings (SSSR count). The van der Waals surface area contributed by atoms with Gasteiger partial charge in [-0.05, 0) is 42.9 Å². The molecule has 0 bridgehead atoms. The molecule has 1 N–H and O–H groups in total. The van der Waals surface area contributed by atoms with Crippen LogP contribution in [0.1, 0.15) is 44.2 Å². The second-order valence-corrected chi connectivity index (χ2v) is 8.32. The number of hydrogen-bond donors (Lipinski definition) is 1. The van der Waals surface area contributed by atoms with Crippen LogP contribution in [0.25, 0.3) is 0 Å². The molecule has 0 aliphatic carbocycles. The minimum Gasteiger partial charge on any atom is -0.299 e. The Bertz CT molecular complexity index is 572. The third kappa shape index (κ3) is 5.38. The van der Waals surface area contributed by atoms with E-state index in [1.807, 2.05) is 25.1 Å². The van der Waals surface area contributed by atoms with Gasteiger partial charge in [0.2, 0.25) is 10.0 Å². The molecule has 0 amide bonds. The van der Waals surface area contributed by atoms with E-state index in [0.29, 0.717) is 13.0 Å². The largest absolute Gasteiger partial charge is 0.299 e. The Balaban J connectivity index is 2.00. The maximum atomic E-state index is 11.8. The van der Waals surface area contributed by atoms with Gasteiger partial charge in [0.15, 0.2) is 0 Å². The Kier molecular flexibility index (Phi) is 6.41. The molecule has 1 aromatic carbocycles. The number of likely N-dealkylation sites (tertiary alicyclic amines) is 1. The second-order valence-electron chi connectivity index (χ2n) is 6.39. The van der Waals surface area contributed by atoms with E-state index in [2.05, 4.69) is 22.6 Å². The highest BCUT2D eigenvalue weighted by molar-refractivity contribution is 7.89. The van der Waals surface area contributed by atoms with Crippen LogP contribution in [0, 0.1) is 5.92 Å². The Morgan fingerprint density at radius 2 is 2.00 bits per heavy atom. The minimum atomic E-state index is -3.15. The molecular formula is C17H28N2O2S. The van der Waals surface area contributed by atoms with Crippen molar-refractivity contribution in [1.29, 1.82) is 0 Å². The van der Waals surface area contributed by atoms with Gasteiger partial charge in [0.05, 0.1) is 5.75 Å². The van der Waals surface area contributed by atoms with Crippen molar-refractivity contribution >= 4 is 10.0 Å². The van der Waals surface area contributed by atoms with Crippen LogP contribution in [0.2, 0.25) is 0 Å². The molecule has 0 unspecified atom stereocenters. The highest BCUT2D eigenvalue weighted by Gasteiger charge is 2.17. The van der Waals surface area contributed by atoms with Crippen LogP contribution in [0.3, 0.4) is 0 Å². The average molecular weight is 324 g/mol. The maximum absolute atomic E-state index is 11.8. The molecule has 1 heterocycles. The van der Waals surface area contributed by atoms with Crippen LogP contribution < -0.4 is 4.72 Å². The van der Waals surface area contributed by atoms with Gasteiger partial charge in [0.1, 0.15) is 0 Å². The first kappa shape index (κ1) is 17.4. The molecule has 5 heteroatoms. The summed E-state index contributed by atoms with van der Waals surface area (Å²) in [5.74, 6) is 0.947. The fourth-order valence-electron chi connectivity index (χ4n) is 3.08. The highest BCUT2D eigenvalue weighted by atomic mass is 32.2. The number of piperidine rings is 1.